The van der Waals surface area contributed by atoms with Crippen LogP contribution in [0.1, 0.15) is 0 Å². The predicted molar refractivity (Wildman–Crippen MR) is 89.3 cm³/mol. The lowest BCUT2D eigenvalue weighted by atomic mass is 10.3. The third-order valence-corrected chi connectivity index (χ3v) is 5.15. The van der Waals surface area contributed by atoms with Gasteiger partial charge in [-0.2, -0.15) is 26.3 Å². The number of benzene rings is 3. The van der Waals surface area contributed by atoms with Crippen LogP contribution in [-0.4, -0.2) is 0 Å². The van der Waals surface area contributed by atoms with E-state index in [1.165, 1.54) is 0 Å². The monoisotopic (exact) mass is 600 g/mol. The van der Waals surface area contributed by atoms with E-state index < -0.39 is 116 Å². The van der Waals surface area contributed by atoms with Crippen LogP contribution in [0.2, 0.25) is 0 Å². The summed E-state index contributed by atoms with van der Waals surface area (Å²) < 4.78 is 230. The number of rotatable bonds is 6. The normalized spacial score (nSPS) is 12.1. The highest BCUT2D eigenvalue weighted by Gasteiger charge is 2.44. The molecule has 3 nitrogen and oxygen atoms in total. The summed E-state index contributed by atoms with van der Waals surface area (Å²) in [5.74, 6) is -53.7. The average Bonchev–Trinajstić information content (AvgIpc) is 2.89. The summed E-state index contributed by atoms with van der Waals surface area (Å²) in [6, 6.07) is 0. The van der Waals surface area contributed by atoms with Gasteiger partial charge >= 0.3 is 11.3 Å². The molecule has 0 aliphatic rings. The van der Waals surface area contributed by atoms with Crippen molar-refractivity contribution in [3.05, 3.63) is 87.3 Å². The molecular weight excluding hydrogens is 600 g/mol. The molecule has 0 spiro atoms. The van der Waals surface area contributed by atoms with Crippen LogP contribution in [0, 0.1) is 87.3 Å². The van der Waals surface area contributed by atoms with Gasteiger partial charge in [-0.25, -0.2) is 39.5 Å². The molecule has 0 saturated heterocycles. The smallest absolute Gasteiger partial charge is 0.356 e. The first-order chi connectivity index (χ1) is 17.4. The largest absolute Gasteiger partial charge is 0.417 e. The zero-order valence-electron chi connectivity index (χ0n) is 16.7. The highest BCUT2D eigenvalue weighted by molar-refractivity contribution is 8.18. The lowest BCUT2D eigenvalue weighted by Gasteiger charge is -2.29. The van der Waals surface area contributed by atoms with E-state index in [1.807, 2.05) is 0 Å². The van der Waals surface area contributed by atoms with Gasteiger partial charge in [0.15, 0.2) is 0 Å². The van der Waals surface area contributed by atoms with E-state index in [0.717, 1.165) is 0 Å². The van der Waals surface area contributed by atoms with E-state index >= 15 is 3.89 Å². The number of hydrogen-bond acceptors (Lipinski definition) is 3. The molecule has 20 heteroatoms. The second-order valence-corrected chi connectivity index (χ2v) is 7.63. The van der Waals surface area contributed by atoms with E-state index in [0.29, 0.717) is 0 Å². The van der Waals surface area contributed by atoms with E-state index in [-0.39, 0.29) is 0 Å². The van der Waals surface area contributed by atoms with Crippen molar-refractivity contribution in [2.24, 2.45) is 0 Å². The van der Waals surface area contributed by atoms with Crippen LogP contribution >= 0.6 is 11.3 Å². The molecule has 0 radical (unpaired) electrons. The standard InChI is InChI=1S/C18F16O3S/c19-1-4(22)10(28)16(11(29)5(1)23)35-38(34,36-17-12(30)6(24)2(20)7(25)13(17)31)37-18-14(32)8(26)3(21)9(27)15(18)33. The topological polar surface area (TPSA) is 27.7 Å². The van der Waals surface area contributed by atoms with Gasteiger partial charge in [0.25, 0.3) is 0 Å². The molecule has 0 unspecified atom stereocenters. The Kier molecular flexibility index (Phi) is 7.50. The van der Waals surface area contributed by atoms with Gasteiger partial charge in [0.2, 0.25) is 105 Å². The summed E-state index contributed by atoms with van der Waals surface area (Å²) in [6.07, 6.45) is 0. The van der Waals surface area contributed by atoms with Crippen LogP contribution in [0.4, 0.5) is 69.7 Å². The Labute approximate surface area is 199 Å². The molecule has 208 valence electrons. The van der Waals surface area contributed by atoms with Crippen molar-refractivity contribution in [2.75, 3.05) is 0 Å². The third kappa shape index (κ3) is 4.56. The first-order valence-electron chi connectivity index (χ1n) is 8.60. The fourth-order valence-electron chi connectivity index (χ4n) is 2.32. The van der Waals surface area contributed by atoms with E-state index in [4.69, 9.17) is 0 Å². The summed E-state index contributed by atoms with van der Waals surface area (Å²) in [5, 5.41) is 0. The van der Waals surface area contributed by atoms with Gasteiger partial charge < -0.3 is 12.5 Å². The van der Waals surface area contributed by atoms with Crippen molar-refractivity contribution < 1.29 is 82.3 Å². The Morgan fingerprint density at radius 2 is 0.395 bits per heavy atom. The Hall–Kier alpha value is -3.71. The van der Waals surface area contributed by atoms with Crippen LogP contribution in [0.25, 0.3) is 0 Å². The van der Waals surface area contributed by atoms with Gasteiger partial charge in [0.05, 0.1) is 0 Å². The van der Waals surface area contributed by atoms with Crippen LogP contribution in [0.5, 0.6) is 17.2 Å². The maximum atomic E-state index is 15.4. The molecule has 3 aromatic carbocycles. The lowest BCUT2D eigenvalue weighted by molar-refractivity contribution is 0.276. The first-order valence-corrected chi connectivity index (χ1v) is 9.91. The third-order valence-electron chi connectivity index (χ3n) is 4.06. The van der Waals surface area contributed by atoms with Gasteiger partial charge in [-0.1, -0.05) is 3.89 Å². The Bertz CT molecular complexity index is 1220. The quantitative estimate of drug-likeness (QED) is 0.165. The highest BCUT2D eigenvalue weighted by Crippen LogP contribution is 2.56. The molecule has 0 fully saturated rings. The van der Waals surface area contributed by atoms with E-state index in [9.17, 15) is 65.9 Å². The lowest BCUT2D eigenvalue weighted by Crippen LogP contribution is -2.22. The van der Waals surface area contributed by atoms with Crippen LogP contribution < -0.4 is 12.5 Å². The average molecular weight is 600 g/mol. The Morgan fingerprint density at radius 3 is 0.553 bits per heavy atom. The summed E-state index contributed by atoms with van der Waals surface area (Å²) in [4.78, 5) is 0. The second-order valence-electron chi connectivity index (χ2n) is 6.34. The molecule has 0 aromatic heterocycles. The number of halogens is 16. The molecule has 0 N–H and O–H groups in total. The van der Waals surface area contributed by atoms with Gasteiger partial charge in [0.1, 0.15) is 0 Å². The van der Waals surface area contributed by atoms with Gasteiger partial charge in [0, 0.05) is 0 Å². The second kappa shape index (κ2) is 9.87. The van der Waals surface area contributed by atoms with Crippen molar-refractivity contribution in [3.63, 3.8) is 0 Å². The predicted octanol–water partition coefficient (Wildman–Crippen LogP) is 7.74. The highest BCUT2D eigenvalue weighted by atomic mass is 32.3. The summed E-state index contributed by atoms with van der Waals surface area (Å²) in [5.41, 5.74) is 0. The Balaban J connectivity index is 2.30. The molecule has 0 aliphatic heterocycles. The van der Waals surface area contributed by atoms with Crippen molar-refractivity contribution >= 4 is 11.3 Å². The molecule has 0 heterocycles. The number of hydrogen-bond donors (Lipinski definition) is 0. The molecule has 3 rings (SSSR count). The maximum Gasteiger partial charge on any atom is 0.417 e. The van der Waals surface area contributed by atoms with Crippen molar-refractivity contribution in [3.8, 4) is 17.2 Å². The van der Waals surface area contributed by atoms with E-state index in [2.05, 4.69) is 12.5 Å². The van der Waals surface area contributed by atoms with Crippen molar-refractivity contribution in [2.45, 2.75) is 0 Å². The fraction of sp³-hybridized carbons (Fsp3) is 0. The van der Waals surface area contributed by atoms with Gasteiger partial charge in [-0.3, -0.25) is 0 Å². The zero-order chi connectivity index (χ0) is 29.0. The molecule has 0 amide bonds. The summed E-state index contributed by atoms with van der Waals surface area (Å²) in [6.45, 7) is 0. The van der Waals surface area contributed by atoms with Crippen LogP contribution in [0.15, 0.2) is 0 Å². The molecule has 0 atom stereocenters. The minimum absolute atomic E-state index is 2.85. The minimum atomic E-state index is -6.88. The van der Waals surface area contributed by atoms with Crippen LogP contribution in [-0.2, 0) is 0 Å². The summed E-state index contributed by atoms with van der Waals surface area (Å²) in [7, 11) is 0. The maximum absolute atomic E-state index is 15.4. The van der Waals surface area contributed by atoms with Crippen molar-refractivity contribution in [1.82, 2.24) is 0 Å². The molecule has 38 heavy (non-hydrogen) atoms. The SMILES string of the molecule is Fc1c(F)c(F)c(OS(F)(Oc2c(F)c(F)c(F)c(F)c2F)Oc2c(F)c(F)c(F)c(F)c2F)c(F)c1F. The molecular formula is C18F16O3S. The molecule has 0 aliphatic carbocycles. The summed E-state index contributed by atoms with van der Waals surface area (Å²) >= 11 is -6.88. The van der Waals surface area contributed by atoms with Gasteiger partial charge in [-0.05, 0) is 0 Å². The fourth-order valence-corrected chi connectivity index (χ4v) is 3.46. The Morgan fingerprint density at radius 1 is 0.263 bits per heavy atom. The molecule has 3 aromatic rings. The van der Waals surface area contributed by atoms with Crippen molar-refractivity contribution in [1.29, 1.82) is 0 Å². The van der Waals surface area contributed by atoms with E-state index in [1.54, 1.807) is 0 Å². The minimum Gasteiger partial charge on any atom is -0.356 e. The van der Waals surface area contributed by atoms with Crippen LogP contribution in [0.3, 0.4) is 0 Å². The molecule has 0 bridgehead atoms. The van der Waals surface area contributed by atoms with Gasteiger partial charge in [-0.15, -0.1) is 0 Å². The molecule has 0 saturated carbocycles. The first kappa shape index (κ1) is 28.9. The zero-order valence-corrected chi connectivity index (χ0v) is 17.5.